The molecular formula is C28H43ClN2O4. The van der Waals surface area contributed by atoms with Crippen LogP contribution in [0.3, 0.4) is 0 Å². The summed E-state index contributed by atoms with van der Waals surface area (Å²) in [6.45, 7) is 5.37. The van der Waals surface area contributed by atoms with Gasteiger partial charge in [-0.25, -0.2) is 0 Å². The number of aliphatic hydroxyl groups is 2. The van der Waals surface area contributed by atoms with Gasteiger partial charge in [0.25, 0.3) is 0 Å². The predicted octanol–water partition coefficient (Wildman–Crippen LogP) is -0.610. The molecule has 7 heteroatoms. The van der Waals surface area contributed by atoms with Crippen LogP contribution < -0.4 is 23.0 Å². The van der Waals surface area contributed by atoms with Gasteiger partial charge >= 0.3 is 0 Å². The predicted molar refractivity (Wildman–Crippen MR) is 134 cm³/mol. The summed E-state index contributed by atoms with van der Waals surface area (Å²) >= 11 is 0. The maximum absolute atomic E-state index is 8.45. The third-order valence-electron chi connectivity index (χ3n) is 6.41. The van der Waals surface area contributed by atoms with E-state index in [-0.39, 0.29) is 24.6 Å². The lowest BCUT2D eigenvalue weighted by Gasteiger charge is -2.27. The number of aliphatic hydroxyl groups excluding tert-OH is 2. The Morgan fingerprint density at radius 2 is 1.11 bits per heavy atom. The van der Waals surface area contributed by atoms with Crippen LogP contribution in [-0.2, 0) is 22.7 Å². The maximum atomic E-state index is 8.45. The van der Waals surface area contributed by atoms with Crippen molar-refractivity contribution >= 4 is 0 Å². The highest BCUT2D eigenvalue weighted by Crippen LogP contribution is 2.22. The second kappa shape index (κ2) is 17.8. The summed E-state index contributed by atoms with van der Waals surface area (Å²) in [6, 6.07) is 20.6. The van der Waals surface area contributed by atoms with Gasteiger partial charge in [0, 0.05) is 13.1 Å². The zero-order chi connectivity index (χ0) is 23.8. The Balaban J connectivity index is 0.000000176. The molecule has 35 heavy (non-hydrogen) atoms. The van der Waals surface area contributed by atoms with Crippen LogP contribution in [0.2, 0.25) is 0 Å². The third-order valence-corrected chi connectivity index (χ3v) is 6.41. The van der Waals surface area contributed by atoms with Crippen molar-refractivity contribution < 1.29 is 37.4 Å². The van der Waals surface area contributed by atoms with E-state index in [1.165, 1.54) is 36.8 Å². The molecule has 2 aromatic rings. The van der Waals surface area contributed by atoms with Gasteiger partial charge in [-0.2, -0.15) is 0 Å². The second-order valence-corrected chi connectivity index (χ2v) is 9.43. The number of hydrogen-bond acceptors (Lipinski definition) is 5. The molecule has 6 rings (SSSR count). The lowest BCUT2D eigenvalue weighted by molar-refractivity contribution is -0.723. The number of nitrogens with one attached hydrogen (secondary N) is 1. The molecule has 196 valence electrons. The van der Waals surface area contributed by atoms with Crippen molar-refractivity contribution in [3.05, 3.63) is 71.8 Å². The van der Waals surface area contributed by atoms with Crippen molar-refractivity contribution in [3.63, 3.8) is 0 Å². The molecule has 2 aliphatic carbocycles. The normalized spacial score (nSPS) is 19.3. The summed E-state index contributed by atoms with van der Waals surface area (Å²) in [6.07, 6.45) is 8.24. The van der Waals surface area contributed by atoms with Crippen molar-refractivity contribution in [3.8, 4) is 0 Å². The highest BCUT2D eigenvalue weighted by molar-refractivity contribution is 5.14. The molecule has 2 saturated heterocycles. The molecule has 0 radical (unpaired) electrons. The SMILES string of the molecule is OC1CCC1.OC1C[NH2+]C1.[Cl-].c1ccc(COC2CCC2)cc1.c1ccc(COC2CNC2)cc1. The van der Waals surface area contributed by atoms with Gasteiger partial charge in [-0.1, -0.05) is 60.7 Å². The van der Waals surface area contributed by atoms with E-state index in [1.807, 2.05) is 24.3 Å². The van der Waals surface area contributed by atoms with E-state index in [4.69, 9.17) is 19.7 Å². The summed E-state index contributed by atoms with van der Waals surface area (Å²) < 4.78 is 11.3. The van der Waals surface area contributed by atoms with Crippen molar-refractivity contribution in [2.75, 3.05) is 26.2 Å². The van der Waals surface area contributed by atoms with Crippen LogP contribution in [0.15, 0.2) is 60.7 Å². The van der Waals surface area contributed by atoms with Gasteiger partial charge in [-0.15, -0.1) is 0 Å². The maximum Gasteiger partial charge on any atom is 0.151 e. The zero-order valence-electron chi connectivity index (χ0n) is 20.7. The van der Waals surface area contributed by atoms with E-state index >= 15 is 0 Å². The van der Waals surface area contributed by atoms with Crippen molar-refractivity contribution in [1.82, 2.24) is 5.32 Å². The number of hydrogen-bond donors (Lipinski definition) is 4. The molecule has 6 nitrogen and oxygen atoms in total. The number of quaternary nitrogens is 1. The van der Waals surface area contributed by atoms with E-state index < -0.39 is 0 Å². The molecule has 4 aliphatic rings. The smallest absolute Gasteiger partial charge is 0.151 e. The largest absolute Gasteiger partial charge is 1.00 e. The Bertz CT molecular complexity index is 687. The van der Waals surface area contributed by atoms with Crippen molar-refractivity contribution in [2.24, 2.45) is 0 Å². The number of benzene rings is 2. The zero-order valence-corrected chi connectivity index (χ0v) is 21.5. The fourth-order valence-corrected chi connectivity index (χ4v) is 3.20. The van der Waals surface area contributed by atoms with Crippen molar-refractivity contribution in [2.45, 2.75) is 76.2 Å². The first-order chi connectivity index (χ1) is 16.7. The Labute approximate surface area is 216 Å². The molecule has 0 unspecified atom stereocenters. The Morgan fingerprint density at radius 1 is 0.686 bits per heavy atom. The molecule has 0 aromatic heterocycles. The molecule has 2 aromatic carbocycles. The van der Waals surface area contributed by atoms with Gasteiger partial charge < -0.3 is 42.7 Å². The van der Waals surface area contributed by atoms with Crippen LogP contribution in [0.5, 0.6) is 0 Å². The number of ether oxygens (including phenoxy) is 2. The second-order valence-electron chi connectivity index (χ2n) is 9.43. The van der Waals surface area contributed by atoms with Crippen LogP contribution in [0.1, 0.15) is 49.7 Å². The van der Waals surface area contributed by atoms with E-state index in [2.05, 4.69) is 47.0 Å². The molecule has 0 atom stereocenters. The standard InChI is InChI=1S/C11H14O.C10H13NO.C4H8O.C3H7NO.ClH/c1-2-5-10(6-3-1)9-12-11-7-4-8-11;1-2-4-9(5-3-1)8-12-10-6-11-7-10;5-4-2-1-3-4;5-3-1-4-2-3;/h1-3,5-6,11H,4,7-9H2;1-5,10-11H,6-8H2;4-5H,1-3H2;3-5H,1-2H2;1H. The number of nitrogens with two attached hydrogens (primary N) is 1. The topological polar surface area (TPSA) is 87.6 Å². The van der Waals surface area contributed by atoms with Crippen LogP contribution >= 0.6 is 0 Å². The van der Waals surface area contributed by atoms with Gasteiger partial charge in [0.2, 0.25) is 0 Å². The third kappa shape index (κ3) is 12.8. The molecule has 2 saturated carbocycles. The van der Waals surface area contributed by atoms with Gasteiger partial charge in [0.1, 0.15) is 13.1 Å². The summed E-state index contributed by atoms with van der Waals surface area (Å²) in [5, 5.41) is 22.1. The van der Waals surface area contributed by atoms with E-state index in [0.29, 0.717) is 12.2 Å². The molecule has 2 heterocycles. The fraction of sp³-hybridized carbons (Fsp3) is 0.571. The minimum absolute atomic E-state index is 0. The molecular weight excluding hydrogens is 464 g/mol. The summed E-state index contributed by atoms with van der Waals surface area (Å²) in [7, 11) is 0. The first-order valence-electron chi connectivity index (χ1n) is 12.9. The summed E-state index contributed by atoms with van der Waals surface area (Å²) in [4.78, 5) is 0. The van der Waals surface area contributed by atoms with E-state index in [1.54, 1.807) is 0 Å². The van der Waals surface area contributed by atoms with Gasteiger partial charge in [-0.05, 0) is 49.7 Å². The molecule has 2 aliphatic heterocycles. The summed E-state index contributed by atoms with van der Waals surface area (Å²) in [5.41, 5.74) is 2.54. The minimum atomic E-state index is 0. The van der Waals surface area contributed by atoms with E-state index in [0.717, 1.165) is 52.2 Å². The minimum Gasteiger partial charge on any atom is -1.00 e. The Morgan fingerprint density at radius 3 is 1.37 bits per heavy atom. The van der Waals surface area contributed by atoms with Gasteiger partial charge in [-0.3, -0.25) is 0 Å². The first-order valence-corrected chi connectivity index (χ1v) is 12.9. The average molecular weight is 507 g/mol. The van der Waals surface area contributed by atoms with Crippen molar-refractivity contribution in [1.29, 1.82) is 0 Å². The average Bonchev–Trinajstić information content (AvgIpc) is 2.77. The molecule has 0 amide bonds. The number of rotatable bonds is 6. The Hall–Kier alpha value is -1.51. The highest BCUT2D eigenvalue weighted by atomic mass is 35.5. The molecule has 0 bridgehead atoms. The van der Waals surface area contributed by atoms with Crippen LogP contribution in [0, 0.1) is 0 Å². The van der Waals surface area contributed by atoms with Gasteiger partial charge in [0.05, 0.1) is 31.5 Å². The first kappa shape index (κ1) is 29.7. The molecule has 4 fully saturated rings. The number of halogens is 1. The molecule has 0 spiro atoms. The lowest BCUT2D eigenvalue weighted by Crippen LogP contribution is -3.00. The van der Waals surface area contributed by atoms with Crippen LogP contribution in [0.25, 0.3) is 0 Å². The highest BCUT2D eigenvalue weighted by Gasteiger charge is 2.18. The van der Waals surface area contributed by atoms with Crippen LogP contribution in [-0.4, -0.2) is 60.8 Å². The van der Waals surface area contributed by atoms with E-state index in [9.17, 15) is 0 Å². The fourth-order valence-electron chi connectivity index (χ4n) is 3.20. The lowest BCUT2D eigenvalue weighted by atomic mass is 9.96. The summed E-state index contributed by atoms with van der Waals surface area (Å²) in [5.74, 6) is 0. The van der Waals surface area contributed by atoms with Gasteiger partial charge in [0.15, 0.2) is 6.10 Å². The monoisotopic (exact) mass is 506 g/mol. The quantitative estimate of drug-likeness (QED) is 0.420. The molecule has 5 N–H and O–H groups in total. The Kier molecular flexibility index (Phi) is 15.2. The van der Waals surface area contributed by atoms with Crippen LogP contribution in [0.4, 0.5) is 0 Å².